The molecule has 1 amide bonds. The molecule has 1 saturated carbocycles. The number of amides is 1. The number of rotatable bonds is 5. The van der Waals surface area contributed by atoms with E-state index in [4.69, 9.17) is 5.73 Å². The van der Waals surface area contributed by atoms with E-state index < -0.39 is 5.60 Å². The number of nitrogens with two attached hydrogens (primary N) is 1. The molecule has 2 aliphatic rings. The lowest BCUT2D eigenvalue weighted by molar-refractivity contribution is -0.160. The van der Waals surface area contributed by atoms with Crippen molar-refractivity contribution in [3.8, 4) is 0 Å². The number of aliphatic hydroxyl groups is 1. The predicted molar refractivity (Wildman–Crippen MR) is 127 cm³/mol. The van der Waals surface area contributed by atoms with Crippen molar-refractivity contribution in [1.82, 2.24) is 9.80 Å². The number of hydrogen-bond donors (Lipinski definition) is 2. The van der Waals surface area contributed by atoms with Crippen molar-refractivity contribution in [3.05, 3.63) is 71.3 Å². The van der Waals surface area contributed by atoms with E-state index in [9.17, 15) is 9.90 Å². The lowest BCUT2D eigenvalue weighted by atomic mass is 9.79. The van der Waals surface area contributed by atoms with Gasteiger partial charge in [-0.3, -0.25) is 4.79 Å². The van der Waals surface area contributed by atoms with Crippen LogP contribution in [0.2, 0.25) is 0 Å². The smallest absolute Gasteiger partial charge is 0.259 e. The van der Waals surface area contributed by atoms with Gasteiger partial charge >= 0.3 is 0 Å². The van der Waals surface area contributed by atoms with Crippen LogP contribution in [0.1, 0.15) is 42.4 Å². The van der Waals surface area contributed by atoms with Crippen LogP contribution in [0.25, 0.3) is 0 Å². The highest BCUT2D eigenvalue weighted by Gasteiger charge is 2.48. The van der Waals surface area contributed by atoms with Crippen LogP contribution >= 0.6 is 0 Å². The largest absolute Gasteiger partial charge is 0.375 e. The van der Waals surface area contributed by atoms with Crippen LogP contribution in [0.5, 0.6) is 0 Å². The third-order valence-corrected chi connectivity index (χ3v) is 7.05. The van der Waals surface area contributed by atoms with Crippen molar-refractivity contribution in [2.45, 2.75) is 44.8 Å². The summed E-state index contributed by atoms with van der Waals surface area (Å²) >= 11 is 0. The number of nitrogens with zero attached hydrogens (tertiary/aromatic N) is 3. The lowest BCUT2D eigenvalue weighted by Crippen LogP contribution is -2.58. The second-order valence-electron chi connectivity index (χ2n) is 8.99. The number of aryl methyl sites for hydroxylation is 1. The highest BCUT2D eigenvalue weighted by Crippen LogP contribution is 2.42. The summed E-state index contributed by atoms with van der Waals surface area (Å²) in [4.78, 5) is 22.0. The number of piperazine rings is 1. The Balaban J connectivity index is 1.43. The maximum absolute atomic E-state index is 13.6. The minimum absolute atomic E-state index is 0.0313. The highest BCUT2D eigenvalue weighted by atomic mass is 16.3. The van der Waals surface area contributed by atoms with E-state index in [1.807, 2.05) is 47.4 Å². The molecule has 1 atom stereocenters. The summed E-state index contributed by atoms with van der Waals surface area (Å²) in [5.74, 6) is 0.302. The van der Waals surface area contributed by atoms with E-state index in [-0.39, 0.29) is 11.8 Å². The minimum atomic E-state index is -1.45. The maximum atomic E-state index is 13.6. The van der Waals surface area contributed by atoms with E-state index >= 15 is 0 Å². The summed E-state index contributed by atoms with van der Waals surface area (Å²) < 4.78 is 0. The van der Waals surface area contributed by atoms with Crippen LogP contribution in [-0.2, 0) is 16.9 Å². The van der Waals surface area contributed by atoms with Gasteiger partial charge in [-0.15, -0.1) is 0 Å². The van der Waals surface area contributed by atoms with Crippen molar-refractivity contribution >= 4 is 11.9 Å². The van der Waals surface area contributed by atoms with E-state index in [1.165, 1.54) is 5.56 Å². The van der Waals surface area contributed by atoms with Crippen LogP contribution in [0, 0.1) is 12.8 Å². The molecule has 0 bridgehead atoms. The molecule has 2 aromatic carbocycles. The molecule has 6 heteroatoms. The second-order valence-corrected chi connectivity index (χ2v) is 8.99. The van der Waals surface area contributed by atoms with Crippen molar-refractivity contribution in [2.24, 2.45) is 16.6 Å². The fourth-order valence-corrected chi connectivity index (χ4v) is 5.00. The van der Waals surface area contributed by atoms with E-state index in [2.05, 4.69) is 24.0 Å². The Bertz CT molecular complexity index is 947. The van der Waals surface area contributed by atoms with E-state index in [1.54, 1.807) is 4.90 Å². The fourth-order valence-electron chi connectivity index (χ4n) is 5.00. The number of carbonyl (C=O) groups excluding carboxylic acids is 1. The highest BCUT2D eigenvalue weighted by molar-refractivity contribution is 5.87. The fraction of sp³-hybridized carbons (Fsp3) is 0.462. The molecule has 1 unspecified atom stereocenters. The average Bonchev–Trinajstić information content (AvgIpc) is 3.39. The number of aliphatic imine (C=N–C) groups is 1. The SMILES string of the molecule is Cc1ccccc1CN=C(N)N1CCN(C(=O)C(O)(c2ccccc2)C2CCCC2)CC1. The van der Waals surface area contributed by atoms with Crippen LogP contribution in [0.3, 0.4) is 0 Å². The molecule has 170 valence electrons. The molecule has 2 fully saturated rings. The van der Waals surface area contributed by atoms with Gasteiger partial charge in [0.25, 0.3) is 5.91 Å². The van der Waals surface area contributed by atoms with Gasteiger partial charge in [-0.1, -0.05) is 67.4 Å². The lowest BCUT2D eigenvalue weighted by Gasteiger charge is -2.41. The zero-order chi connectivity index (χ0) is 22.6. The van der Waals surface area contributed by atoms with Crippen molar-refractivity contribution in [2.75, 3.05) is 26.2 Å². The summed E-state index contributed by atoms with van der Waals surface area (Å²) in [6.07, 6.45) is 3.90. The first-order chi connectivity index (χ1) is 15.5. The molecule has 3 N–H and O–H groups in total. The van der Waals surface area contributed by atoms with Gasteiger partial charge in [-0.05, 0) is 36.5 Å². The molecule has 32 heavy (non-hydrogen) atoms. The maximum Gasteiger partial charge on any atom is 0.259 e. The number of carbonyl (C=O) groups is 1. The van der Waals surface area contributed by atoms with Crippen molar-refractivity contribution in [3.63, 3.8) is 0 Å². The molecule has 1 heterocycles. The van der Waals surface area contributed by atoms with Gasteiger partial charge in [0.15, 0.2) is 11.6 Å². The normalized spacial score (nSPS) is 19.8. The standard InChI is InChI=1S/C26H34N4O2/c1-20-9-5-6-10-21(20)19-28-25(27)30-17-15-29(16-18-30)24(31)26(32,23-13-7-8-14-23)22-11-3-2-4-12-22/h2-6,9-12,23,32H,7-8,13-19H2,1H3,(H2,27,28). The summed E-state index contributed by atoms with van der Waals surface area (Å²) in [6, 6.07) is 17.6. The van der Waals surface area contributed by atoms with Gasteiger partial charge in [-0.2, -0.15) is 0 Å². The minimum Gasteiger partial charge on any atom is -0.375 e. The molecule has 6 nitrogen and oxygen atoms in total. The number of hydrogen-bond acceptors (Lipinski definition) is 3. The van der Waals surface area contributed by atoms with Crippen molar-refractivity contribution < 1.29 is 9.90 Å². The molecule has 1 aliphatic carbocycles. The summed E-state index contributed by atoms with van der Waals surface area (Å²) in [6.45, 7) is 4.91. The average molecular weight is 435 g/mol. The van der Waals surface area contributed by atoms with Gasteiger partial charge in [0.1, 0.15) is 0 Å². The molecule has 0 radical (unpaired) electrons. The Morgan fingerprint density at radius 3 is 2.25 bits per heavy atom. The second kappa shape index (κ2) is 9.74. The molecule has 0 aromatic heterocycles. The quantitative estimate of drug-likeness (QED) is 0.560. The van der Waals surface area contributed by atoms with E-state index in [0.29, 0.717) is 44.2 Å². The Morgan fingerprint density at radius 1 is 1.00 bits per heavy atom. The zero-order valence-corrected chi connectivity index (χ0v) is 18.9. The Labute approximate surface area is 190 Å². The van der Waals surface area contributed by atoms with Gasteiger partial charge in [0, 0.05) is 32.1 Å². The molecule has 2 aromatic rings. The first-order valence-corrected chi connectivity index (χ1v) is 11.7. The Morgan fingerprint density at radius 2 is 1.59 bits per heavy atom. The molecular formula is C26H34N4O2. The predicted octanol–water partition coefficient (Wildman–Crippen LogP) is 3.03. The first kappa shape index (κ1) is 22.3. The summed E-state index contributed by atoms with van der Waals surface area (Å²) in [5, 5.41) is 11.8. The Kier molecular flexibility index (Phi) is 6.80. The van der Waals surface area contributed by atoms with Crippen LogP contribution in [-0.4, -0.2) is 53.0 Å². The topological polar surface area (TPSA) is 82.2 Å². The third kappa shape index (κ3) is 4.51. The molecule has 0 spiro atoms. The number of guanidine groups is 1. The van der Waals surface area contributed by atoms with Crippen LogP contribution < -0.4 is 5.73 Å². The van der Waals surface area contributed by atoms with Gasteiger partial charge in [0.2, 0.25) is 0 Å². The molecule has 1 aliphatic heterocycles. The van der Waals surface area contributed by atoms with Gasteiger partial charge in [-0.25, -0.2) is 4.99 Å². The third-order valence-electron chi connectivity index (χ3n) is 7.05. The monoisotopic (exact) mass is 434 g/mol. The summed E-state index contributed by atoms with van der Waals surface area (Å²) in [5.41, 5.74) is 7.88. The molecule has 4 rings (SSSR count). The summed E-state index contributed by atoms with van der Waals surface area (Å²) in [7, 11) is 0. The molecule has 1 saturated heterocycles. The van der Waals surface area contributed by atoms with Crippen molar-refractivity contribution in [1.29, 1.82) is 0 Å². The van der Waals surface area contributed by atoms with E-state index in [0.717, 1.165) is 31.2 Å². The first-order valence-electron chi connectivity index (χ1n) is 11.7. The Hall–Kier alpha value is -2.86. The van der Waals surface area contributed by atoms with Gasteiger partial charge < -0.3 is 20.6 Å². The molecular weight excluding hydrogens is 400 g/mol. The zero-order valence-electron chi connectivity index (χ0n) is 18.9. The van der Waals surface area contributed by atoms with Crippen LogP contribution in [0.15, 0.2) is 59.6 Å². The van der Waals surface area contributed by atoms with Gasteiger partial charge in [0.05, 0.1) is 6.54 Å². The van der Waals surface area contributed by atoms with Crippen LogP contribution in [0.4, 0.5) is 0 Å². The number of benzene rings is 2.